The first-order valence-electron chi connectivity index (χ1n) is 7.76. The minimum Gasteiger partial charge on any atom is -0.381 e. The van der Waals surface area contributed by atoms with Gasteiger partial charge in [0.25, 0.3) is 0 Å². The molecule has 0 amide bonds. The van der Waals surface area contributed by atoms with Crippen LogP contribution < -0.4 is 0 Å². The van der Waals surface area contributed by atoms with Gasteiger partial charge in [-0.15, -0.1) is 0 Å². The number of fused-ring (bicyclic) bond motifs is 1. The van der Waals surface area contributed by atoms with Crippen molar-refractivity contribution in [3.63, 3.8) is 0 Å². The van der Waals surface area contributed by atoms with Gasteiger partial charge in [-0.25, -0.2) is 0 Å². The predicted octanol–water partition coefficient (Wildman–Crippen LogP) is 3.17. The van der Waals surface area contributed by atoms with Crippen LogP contribution in [-0.2, 0) is 11.3 Å². The van der Waals surface area contributed by atoms with E-state index in [0.29, 0.717) is 0 Å². The van der Waals surface area contributed by atoms with E-state index in [1.165, 1.54) is 42.3 Å². The largest absolute Gasteiger partial charge is 0.381 e. The van der Waals surface area contributed by atoms with Gasteiger partial charge in [-0.1, -0.05) is 6.07 Å². The van der Waals surface area contributed by atoms with Crippen LogP contribution in [0.15, 0.2) is 30.5 Å². The van der Waals surface area contributed by atoms with E-state index in [2.05, 4.69) is 34.1 Å². The normalized spacial score (nSPS) is 22.9. The fraction of sp³-hybridized carbons (Fsp3) is 0.529. The predicted molar refractivity (Wildman–Crippen MR) is 80.7 cm³/mol. The number of nitrogens with one attached hydrogen (secondary N) is 1. The molecule has 1 saturated carbocycles. The van der Waals surface area contributed by atoms with E-state index in [9.17, 15) is 0 Å². The summed E-state index contributed by atoms with van der Waals surface area (Å²) in [6.45, 7) is 4.21. The second kappa shape index (κ2) is 5.23. The summed E-state index contributed by atoms with van der Waals surface area (Å²) in [6, 6.07) is 9.77. The lowest BCUT2D eigenvalue weighted by atomic mass is 10.1. The SMILES string of the molecule is c1cc2cc(CN(C[C@@H]3CCOC3)C3CC3)ccc2[nH]1. The molecule has 0 bridgehead atoms. The summed E-state index contributed by atoms with van der Waals surface area (Å²) in [5.74, 6) is 0.742. The zero-order chi connectivity index (χ0) is 13.4. The number of hydrogen-bond acceptors (Lipinski definition) is 2. The number of aromatic amines is 1. The molecule has 1 N–H and O–H groups in total. The van der Waals surface area contributed by atoms with Crippen LogP contribution >= 0.6 is 0 Å². The van der Waals surface area contributed by atoms with E-state index in [1.807, 2.05) is 6.20 Å². The van der Waals surface area contributed by atoms with E-state index >= 15 is 0 Å². The van der Waals surface area contributed by atoms with E-state index < -0.39 is 0 Å². The summed E-state index contributed by atoms with van der Waals surface area (Å²) in [6.07, 6.45) is 6.00. The molecule has 2 fully saturated rings. The smallest absolute Gasteiger partial charge is 0.0507 e. The van der Waals surface area contributed by atoms with Crippen LogP contribution in [0, 0.1) is 5.92 Å². The van der Waals surface area contributed by atoms with Crippen molar-refractivity contribution in [3.05, 3.63) is 36.0 Å². The van der Waals surface area contributed by atoms with Gasteiger partial charge in [-0.2, -0.15) is 0 Å². The molecule has 20 heavy (non-hydrogen) atoms. The zero-order valence-electron chi connectivity index (χ0n) is 11.8. The van der Waals surface area contributed by atoms with Gasteiger partial charge in [0.05, 0.1) is 6.61 Å². The highest BCUT2D eigenvalue weighted by atomic mass is 16.5. The topological polar surface area (TPSA) is 28.3 Å². The Morgan fingerprint density at radius 1 is 1.20 bits per heavy atom. The molecule has 0 spiro atoms. The molecule has 2 aromatic rings. The van der Waals surface area contributed by atoms with E-state index in [4.69, 9.17) is 4.74 Å². The van der Waals surface area contributed by atoms with Gasteiger partial charge in [0.2, 0.25) is 0 Å². The molecular formula is C17H22N2O. The van der Waals surface area contributed by atoms with Crippen molar-refractivity contribution in [2.45, 2.75) is 31.8 Å². The van der Waals surface area contributed by atoms with Gasteiger partial charge in [-0.3, -0.25) is 4.90 Å². The number of rotatable bonds is 5. The van der Waals surface area contributed by atoms with Gasteiger partial charge in [0.1, 0.15) is 0 Å². The zero-order valence-corrected chi connectivity index (χ0v) is 11.8. The average Bonchev–Trinajstić information content (AvgIpc) is 2.99. The summed E-state index contributed by atoms with van der Waals surface area (Å²) < 4.78 is 5.52. The van der Waals surface area contributed by atoms with Crippen LogP contribution in [0.2, 0.25) is 0 Å². The van der Waals surface area contributed by atoms with Gasteiger partial charge >= 0.3 is 0 Å². The highest BCUT2D eigenvalue weighted by Gasteiger charge is 2.31. The van der Waals surface area contributed by atoms with E-state index in [-0.39, 0.29) is 0 Å². The standard InChI is InChI=1S/C17H22N2O/c1-4-17-15(5-7-18-17)9-13(1)10-19(16-2-3-16)11-14-6-8-20-12-14/h1,4-5,7,9,14,16,18H,2-3,6,8,10-12H2/t14-/m0/s1. The fourth-order valence-corrected chi connectivity index (χ4v) is 3.28. The highest BCUT2D eigenvalue weighted by molar-refractivity contribution is 5.79. The number of ether oxygens (including phenoxy) is 1. The summed E-state index contributed by atoms with van der Waals surface area (Å²) in [4.78, 5) is 5.94. The second-order valence-corrected chi connectivity index (χ2v) is 6.29. The molecule has 1 aromatic heterocycles. The van der Waals surface area contributed by atoms with Gasteiger partial charge in [-0.05, 0) is 54.3 Å². The van der Waals surface area contributed by atoms with Crippen LogP contribution in [0.3, 0.4) is 0 Å². The van der Waals surface area contributed by atoms with Crippen LogP contribution in [0.5, 0.6) is 0 Å². The van der Waals surface area contributed by atoms with Crippen molar-refractivity contribution >= 4 is 10.9 Å². The first-order chi connectivity index (χ1) is 9.88. The molecular weight excluding hydrogens is 248 g/mol. The molecule has 1 atom stereocenters. The van der Waals surface area contributed by atoms with Gasteiger partial charge in [0, 0.05) is 37.5 Å². The molecule has 1 aliphatic carbocycles. The van der Waals surface area contributed by atoms with Crippen molar-refractivity contribution in [1.82, 2.24) is 9.88 Å². The van der Waals surface area contributed by atoms with Crippen LogP contribution in [-0.4, -0.2) is 35.7 Å². The van der Waals surface area contributed by atoms with E-state index in [1.54, 1.807) is 0 Å². The number of H-pyrrole nitrogens is 1. The Hall–Kier alpha value is -1.32. The molecule has 1 saturated heterocycles. The first-order valence-corrected chi connectivity index (χ1v) is 7.76. The highest BCUT2D eigenvalue weighted by Crippen LogP contribution is 2.30. The van der Waals surface area contributed by atoms with Crippen LogP contribution in [0.4, 0.5) is 0 Å². The molecule has 1 aliphatic heterocycles. The molecule has 106 valence electrons. The van der Waals surface area contributed by atoms with Crippen molar-refractivity contribution in [1.29, 1.82) is 0 Å². The van der Waals surface area contributed by atoms with Gasteiger partial charge in [0.15, 0.2) is 0 Å². The number of aromatic nitrogens is 1. The molecule has 2 aliphatic rings. The second-order valence-electron chi connectivity index (χ2n) is 6.29. The minimum atomic E-state index is 0.742. The summed E-state index contributed by atoms with van der Waals surface area (Å²) in [7, 11) is 0. The maximum absolute atomic E-state index is 5.52. The van der Waals surface area contributed by atoms with Gasteiger partial charge < -0.3 is 9.72 Å². The maximum atomic E-state index is 5.52. The fourth-order valence-electron chi connectivity index (χ4n) is 3.28. The Balaban J connectivity index is 1.48. The molecule has 2 heterocycles. The molecule has 3 heteroatoms. The van der Waals surface area contributed by atoms with Crippen molar-refractivity contribution in [3.8, 4) is 0 Å². The maximum Gasteiger partial charge on any atom is 0.0507 e. The summed E-state index contributed by atoms with van der Waals surface area (Å²) in [5, 5.41) is 1.32. The lowest BCUT2D eigenvalue weighted by Gasteiger charge is -2.25. The molecule has 3 nitrogen and oxygen atoms in total. The lowest BCUT2D eigenvalue weighted by molar-refractivity contribution is 0.161. The Morgan fingerprint density at radius 3 is 2.95 bits per heavy atom. The number of hydrogen-bond donors (Lipinski definition) is 1. The first kappa shape index (κ1) is 12.4. The summed E-state index contributed by atoms with van der Waals surface area (Å²) in [5.41, 5.74) is 2.67. The van der Waals surface area contributed by atoms with Crippen molar-refractivity contribution in [2.75, 3.05) is 19.8 Å². The van der Waals surface area contributed by atoms with Crippen LogP contribution in [0.25, 0.3) is 10.9 Å². The Bertz CT molecular complexity index is 581. The van der Waals surface area contributed by atoms with Crippen LogP contribution in [0.1, 0.15) is 24.8 Å². The Labute approximate surface area is 119 Å². The van der Waals surface area contributed by atoms with Crippen molar-refractivity contribution < 1.29 is 4.74 Å². The molecule has 1 aromatic carbocycles. The third kappa shape index (κ3) is 2.60. The minimum absolute atomic E-state index is 0.742. The third-order valence-corrected chi connectivity index (χ3v) is 4.58. The Kier molecular flexibility index (Phi) is 3.25. The quantitative estimate of drug-likeness (QED) is 0.904. The third-order valence-electron chi connectivity index (χ3n) is 4.58. The van der Waals surface area contributed by atoms with E-state index in [0.717, 1.165) is 31.7 Å². The number of benzene rings is 1. The monoisotopic (exact) mass is 270 g/mol. The Morgan fingerprint density at radius 2 is 2.15 bits per heavy atom. The molecule has 0 radical (unpaired) electrons. The molecule has 4 rings (SSSR count). The summed E-state index contributed by atoms with van der Waals surface area (Å²) >= 11 is 0. The number of nitrogens with zero attached hydrogens (tertiary/aromatic N) is 1. The lowest BCUT2D eigenvalue weighted by Crippen LogP contribution is -2.31. The molecule has 0 unspecified atom stereocenters. The average molecular weight is 270 g/mol. The van der Waals surface area contributed by atoms with Crippen molar-refractivity contribution in [2.24, 2.45) is 5.92 Å².